The van der Waals surface area contributed by atoms with Crippen molar-refractivity contribution in [2.45, 2.75) is 13.5 Å². The summed E-state index contributed by atoms with van der Waals surface area (Å²) in [6, 6.07) is 20.5. The number of amides is 1. The van der Waals surface area contributed by atoms with E-state index in [0.29, 0.717) is 28.2 Å². The minimum atomic E-state index is -0.202. The maximum atomic E-state index is 13.0. The average molecular weight is 465 g/mol. The van der Waals surface area contributed by atoms with E-state index in [4.69, 9.17) is 33.3 Å². The van der Waals surface area contributed by atoms with Gasteiger partial charge in [-0.25, -0.2) is 0 Å². The van der Waals surface area contributed by atoms with Gasteiger partial charge in [-0.3, -0.25) is 9.69 Å². The standard InChI is InChI=1S/C25H21ClN2O3S/c1-16-12-19(26)9-11-22(16)31-15-18-13-17(8-10-23(18)30-2)14-21-24(29)28(25(32)27-21)20-6-4-3-5-7-20/h3-14H,15H2,1-2H3,(H,27,32)/b21-14+. The molecular weight excluding hydrogens is 444 g/mol. The van der Waals surface area contributed by atoms with E-state index in [2.05, 4.69) is 5.32 Å². The number of anilines is 1. The van der Waals surface area contributed by atoms with Crippen molar-refractivity contribution in [2.24, 2.45) is 0 Å². The molecule has 1 heterocycles. The second-order valence-electron chi connectivity index (χ2n) is 7.23. The van der Waals surface area contributed by atoms with Crippen LogP contribution in [0.15, 0.2) is 72.4 Å². The van der Waals surface area contributed by atoms with Crippen LogP contribution in [0.3, 0.4) is 0 Å². The number of thiocarbonyl (C=S) groups is 1. The Labute approximate surface area is 197 Å². The molecular formula is C25H21ClN2O3S. The van der Waals surface area contributed by atoms with Gasteiger partial charge in [0, 0.05) is 10.6 Å². The van der Waals surface area contributed by atoms with Gasteiger partial charge in [-0.15, -0.1) is 0 Å². The molecule has 1 fully saturated rings. The first-order chi connectivity index (χ1) is 15.5. The van der Waals surface area contributed by atoms with E-state index >= 15 is 0 Å². The molecule has 5 nitrogen and oxygen atoms in total. The van der Waals surface area contributed by atoms with E-state index in [1.54, 1.807) is 19.3 Å². The van der Waals surface area contributed by atoms with Crippen LogP contribution < -0.4 is 19.7 Å². The Morgan fingerprint density at radius 3 is 2.53 bits per heavy atom. The van der Waals surface area contributed by atoms with Crippen LogP contribution in [0.2, 0.25) is 5.02 Å². The topological polar surface area (TPSA) is 50.8 Å². The summed E-state index contributed by atoms with van der Waals surface area (Å²) in [6.07, 6.45) is 1.77. The number of rotatable bonds is 6. The quantitative estimate of drug-likeness (QED) is 0.385. The van der Waals surface area contributed by atoms with Crippen molar-refractivity contribution in [3.8, 4) is 11.5 Å². The lowest BCUT2D eigenvalue weighted by Crippen LogP contribution is -2.30. The monoisotopic (exact) mass is 464 g/mol. The summed E-state index contributed by atoms with van der Waals surface area (Å²) in [6.45, 7) is 2.25. The lowest BCUT2D eigenvalue weighted by Gasteiger charge is -2.13. The van der Waals surface area contributed by atoms with Crippen molar-refractivity contribution in [2.75, 3.05) is 12.0 Å². The highest BCUT2D eigenvalue weighted by Gasteiger charge is 2.31. The first-order valence-corrected chi connectivity index (χ1v) is 10.7. The van der Waals surface area contributed by atoms with Crippen LogP contribution in [0.1, 0.15) is 16.7 Å². The van der Waals surface area contributed by atoms with Gasteiger partial charge in [-0.05, 0) is 78.8 Å². The number of nitrogens with zero attached hydrogens (tertiary/aromatic N) is 1. The van der Waals surface area contributed by atoms with Crippen LogP contribution in [0.4, 0.5) is 5.69 Å². The van der Waals surface area contributed by atoms with Crippen LogP contribution in [-0.4, -0.2) is 18.1 Å². The lowest BCUT2D eigenvalue weighted by atomic mass is 10.1. The zero-order chi connectivity index (χ0) is 22.7. The molecule has 3 aromatic rings. The highest BCUT2D eigenvalue weighted by atomic mass is 35.5. The lowest BCUT2D eigenvalue weighted by molar-refractivity contribution is -0.113. The van der Waals surface area contributed by atoms with Gasteiger partial charge in [0.2, 0.25) is 0 Å². The first-order valence-electron chi connectivity index (χ1n) is 9.94. The fourth-order valence-corrected chi connectivity index (χ4v) is 3.97. The van der Waals surface area contributed by atoms with Crippen LogP contribution >= 0.6 is 23.8 Å². The second kappa shape index (κ2) is 9.42. The minimum absolute atomic E-state index is 0.202. The SMILES string of the molecule is COc1ccc(/C=C2/NC(=S)N(c3ccccc3)C2=O)cc1COc1ccc(Cl)cc1C. The molecule has 1 N–H and O–H groups in total. The number of benzene rings is 3. The number of carbonyl (C=O) groups excluding carboxylic acids is 1. The maximum absolute atomic E-state index is 13.0. The molecule has 4 rings (SSSR count). The summed E-state index contributed by atoms with van der Waals surface area (Å²) in [5, 5.41) is 4.03. The smallest absolute Gasteiger partial charge is 0.281 e. The number of para-hydroxylation sites is 1. The second-order valence-corrected chi connectivity index (χ2v) is 8.06. The van der Waals surface area contributed by atoms with Gasteiger partial charge in [-0.2, -0.15) is 0 Å². The molecule has 0 saturated carbocycles. The molecule has 162 valence electrons. The molecule has 7 heteroatoms. The van der Waals surface area contributed by atoms with Crippen molar-refractivity contribution in [1.82, 2.24) is 5.32 Å². The molecule has 1 aliphatic heterocycles. The Hall–Kier alpha value is -3.35. The van der Waals surface area contributed by atoms with Gasteiger partial charge in [0.1, 0.15) is 23.8 Å². The van der Waals surface area contributed by atoms with Crippen molar-refractivity contribution < 1.29 is 14.3 Å². The Morgan fingerprint density at radius 1 is 1.06 bits per heavy atom. The number of ether oxygens (including phenoxy) is 2. The van der Waals surface area contributed by atoms with E-state index in [-0.39, 0.29) is 5.91 Å². The number of aryl methyl sites for hydroxylation is 1. The number of carbonyl (C=O) groups is 1. The minimum Gasteiger partial charge on any atom is -0.496 e. The molecule has 0 aliphatic carbocycles. The highest BCUT2D eigenvalue weighted by molar-refractivity contribution is 7.80. The van der Waals surface area contributed by atoms with Gasteiger partial charge in [0.05, 0.1) is 12.8 Å². The summed E-state index contributed by atoms with van der Waals surface area (Å²) in [5.74, 6) is 1.24. The molecule has 32 heavy (non-hydrogen) atoms. The van der Waals surface area contributed by atoms with Crippen LogP contribution in [0.25, 0.3) is 6.08 Å². The van der Waals surface area contributed by atoms with Gasteiger partial charge in [0.25, 0.3) is 5.91 Å². The number of hydrogen-bond acceptors (Lipinski definition) is 4. The normalized spacial score (nSPS) is 14.6. The Kier molecular flexibility index (Phi) is 6.44. The third-order valence-electron chi connectivity index (χ3n) is 5.03. The fraction of sp³-hybridized carbons (Fsp3) is 0.120. The largest absolute Gasteiger partial charge is 0.496 e. The number of halogens is 1. The molecule has 3 aromatic carbocycles. The Bertz CT molecular complexity index is 1210. The van der Waals surface area contributed by atoms with Gasteiger partial charge in [0.15, 0.2) is 5.11 Å². The third kappa shape index (κ3) is 4.61. The molecule has 0 bridgehead atoms. The van der Waals surface area contributed by atoms with Crippen molar-refractivity contribution in [3.05, 3.63) is 94.1 Å². The van der Waals surface area contributed by atoms with Gasteiger partial charge in [-0.1, -0.05) is 35.9 Å². The summed E-state index contributed by atoms with van der Waals surface area (Å²) in [4.78, 5) is 14.4. The molecule has 0 spiro atoms. The summed E-state index contributed by atoms with van der Waals surface area (Å²) in [7, 11) is 1.61. The van der Waals surface area contributed by atoms with E-state index < -0.39 is 0 Å². The van der Waals surface area contributed by atoms with Crippen LogP contribution in [-0.2, 0) is 11.4 Å². The average Bonchev–Trinajstić information content (AvgIpc) is 3.06. The van der Waals surface area contributed by atoms with E-state index in [0.717, 1.165) is 28.1 Å². The summed E-state index contributed by atoms with van der Waals surface area (Å²) in [5.41, 5.74) is 3.75. The maximum Gasteiger partial charge on any atom is 0.281 e. The van der Waals surface area contributed by atoms with Crippen molar-refractivity contribution in [3.63, 3.8) is 0 Å². The molecule has 1 aliphatic rings. The van der Waals surface area contributed by atoms with Crippen molar-refractivity contribution >= 4 is 46.6 Å². The molecule has 0 aromatic heterocycles. The van der Waals surface area contributed by atoms with E-state index in [9.17, 15) is 4.79 Å². The third-order valence-corrected chi connectivity index (χ3v) is 5.55. The summed E-state index contributed by atoms with van der Waals surface area (Å²) >= 11 is 11.4. The predicted octanol–water partition coefficient (Wildman–Crippen LogP) is 5.50. The van der Waals surface area contributed by atoms with Gasteiger partial charge >= 0.3 is 0 Å². The first kappa shape index (κ1) is 21.9. The summed E-state index contributed by atoms with van der Waals surface area (Å²) < 4.78 is 11.5. The Morgan fingerprint density at radius 2 is 1.81 bits per heavy atom. The van der Waals surface area contributed by atoms with E-state index in [1.165, 1.54) is 4.90 Å². The molecule has 0 unspecified atom stereocenters. The zero-order valence-electron chi connectivity index (χ0n) is 17.6. The van der Waals surface area contributed by atoms with E-state index in [1.807, 2.05) is 67.6 Å². The molecule has 0 radical (unpaired) electrons. The zero-order valence-corrected chi connectivity index (χ0v) is 19.2. The Balaban J connectivity index is 1.57. The predicted molar refractivity (Wildman–Crippen MR) is 131 cm³/mol. The molecule has 1 saturated heterocycles. The number of methoxy groups -OCH3 is 1. The molecule has 1 amide bonds. The van der Waals surface area contributed by atoms with Crippen LogP contribution in [0.5, 0.6) is 11.5 Å². The molecule has 0 atom stereocenters. The van der Waals surface area contributed by atoms with Gasteiger partial charge < -0.3 is 14.8 Å². The van der Waals surface area contributed by atoms with Crippen LogP contribution in [0, 0.1) is 6.92 Å². The fourth-order valence-electron chi connectivity index (χ4n) is 3.44. The number of hydrogen-bond donors (Lipinski definition) is 1. The van der Waals surface area contributed by atoms with Crippen molar-refractivity contribution in [1.29, 1.82) is 0 Å². The number of nitrogens with one attached hydrogen (secondary N) is 1. The highest BCUT2D eigenvalue weighted by Crippen LogP contribution is 2.27.